The summed E-state index contributed by atoms with van der Waals surface area (Å²) in [5, 5.41) is 3.26. The molecule has 2 aromatic carbocycles. The van der Waals surface area contributed by atoms with Crippen molar-refractivity contribution in [2.75, 3.05) is 31.4 Å². The third-order valence-corrected chi connectivity index (χ3v) is 3.80. The summed E-state index contributed by atoms with van der Waals surface area (Å²) in [6.07, 6.45) is 0. The zero-order chi connectivity index (χ0) is 14.8. The lowest BCUT2D eigenvalue weighted by Gasteiger charge is -2.20. The number of rotatable bonds is 3. The van der Waals surface area contributed by atoms with Crippen molar-refractivity contribution in [3.63, 3.8) is 0 Å². The van der Waals surface area contributed by atoms with Crippen molar-refractivity contribution in [3.05, 3.63) is 34.8 Å². The van der Waals surface area contributed by atoms with E-state index in [1.165, 1.54) is 0 Å². The molecule has 0 spiro atoms. The van der Waals surface area contributed by atoms with Crippen molar-refractivity contribution in [2.45, 2.75) is 0 Å². The van der Waals surface area contributed by atoms with Crippen LogP contribution in [0.25, 0.3) is 0 Å². The molecule has 0 saturated heterocycles. The first-order chi connectivity index (χ1) is 10.2. The fourth-order valence-electron chi connectivity index (χ4n) is 2.11. The third kappa shape index (κ3) is 2.85. The summed E-state index contributed by atoms with van der Waals surface area (Å²) in [6, 6.07) is 9.35. The molecule has 3 N–H and O–H groups in total. The Morgan fingerprint density at radius 1 is 1.14 bits per heavy atom. The highest BCUT2D eigenvalue weighted by Crippen LogP contribution is 2.38. The van der Waals surface area contributed by atoms with Crippen LogP contribution in [0.15, 0.2) is 34.8 Å². The molecule has 5 nitrogen and oxygen atoms in total. The van der Waals surface area contributed by atoms with Gasteiger partial charge in [0.25, 0.3) is 0 Å². The number of hydrogen-bond donors (Lipinski definition) is 2. The molecule has 0 bridgehead atoms. The number of nitrogens with one attached hydrogen (secondary N) is 1. The highest BCUT2D eigenvalue weighted by molar-refractivity contribution is 9.10. The zero-order valence-corrected chi connectivity index (χ0v) is 13.1. The fraction of sp³-hybridized carbons (Fsp3) is 0.200. The summed E-state index contributed by atoms with van der Waals surface area (Å²) >= 11 is 3.43. The zero-order valence-electron chi connectivity index (χ0n) is 11.5. The molecule has 0 radical (unpaired) electrons. The van der Waals surface area contributed by atoms with E-state index in [0.29, 0.717) is 30.4 Å². The van der Waals surface area contributed by atoms with Crippen molar-refractivity contribution in [1.82, 2.24) is 0 Å². The predicted octanol–water partition coefficient (Wildman–Crippen LogP) is 3.55. The van der Waals surface area contributed by atoms with Crippen LogP contribution in [0.1, 0.15) is 0 Å². The van der Waals surface area contributed by atoms with Gasteiger partial charge in [-0.25, -0.2) is 0 Å². The van der Waals surface area contributed by atoms with Gasteiger partial charge in [0.2, 0.25) is 0 Å². The van der Waals surface area contributed by atoms with Crippen LogP contribution in [0, 0.1) is 0 Å². The van der Waals surface area contributed by atoms with Crippen molar-refractivity contribution >= 4 is 33.0 Å². The monoisotopic (exact) mass is 350 g/mol. The minimum atomic E-state index is 0.544. The van der Waals surface area contributed by atoms with Crippen LogP contribution >= 0.6 is 15.9 Å². The molecular weight excluding hydrogens is 336 g/mol. The van der Waals surface area contributed by atoms with Gasteiger partial charge in [-0.15, -0.1) is 0 Å². The number of halogens is 1. The summed E-state index contributed by atoms with van der Waals surface area (Å²) in [7, 11) is 1.63. The Hall–Kier alpha value is -2.08. The standard InChI is InChI=1S/C15H15BrN2O3/c1-19-13-6-9(2-3-10(13)16)18-12-8-15-14(7-11(12)17)20-4-5-21-15/h2-3,6-8,18H,4-5,17H2,1H3. The highest BCUT2D eigenvalue weighted by atomic mass is 79.9. The van der Waals surface area contributed by atoms with Gasteiger partial charge in [-0.2, -0.15) is 0 Å². The van der Waals surface area contributed by atoms with Gasteiger partial charge in [0.1, 0.15) is 19.0 Å². The normalized spacial score (nSPS) is 12.9. The summed E-state index contributed by atoms with van der Waals surface area (Å²) in [4.78, 5) is 0. The average Bonchev–Trinajstić information content (AvgIpc) is 2.50. The van der Waals surface area contributed by atoms with Gasteiger partial charge >= 0.3 is 0 Å². The third-order valence-electron chi connectivity index (χ3n) is 3.14. The second-order valence-electron chi connectivity index (χ2n) is 4.56. The van der Waals surface area contributed by atoms with Crippen LogP contribution in [0.2, 0.25) is 0 Å². The fourth-order valence-corrected chi connectivity index (χ4v) is 2.51. The molecule has 3 rings (SSSR count). The first-order valence-corrected chi connectivity index (χ1v) is 7.26. The van der Waals surface area contributed by atoms with E-state index >= 15 is 0 Å². The van der Waals surface area contributed by atoms with Gasteiger partial charge < -0.3 is 25.3 Å². The van der Waals surface area contributed by atoms with Crippen molar-refractivity contribution in [3.8, 4) is 17.2 Å². The highest BCUT2D eigenvalue weighted by Gasteiger charge is 2.15. The molecule has 0 amide bonds. The molecule has 6 heteroatoms. The van der Waals surface area contributed by atoms with E-state index in [1.807, 2.05) is 24.3 Å². The Morgan fingerprint density at radius 3 is 2.57 bits per heavy atom. The first kappa shape index (κ1) is 13.9. The van der Waals surface area contributed by atoms with Crippen LogP contribution < -0.4 is 25.3 Å². The van der Waals surface area contributed by atoms with Crippen LogP contribution in [-0.4, -0.2) is 20.3 Å². The first-order valence-electron chi connectivity index (χ1n) is 6.47. The minimum Gasteiger partial charge on any atom is -0.495 e. The predicted molar refractivity (Wildman–Crippen MR) is 85.8 cm³/mol. The summed E-state index contributed by atoms with van der Waals surface area (Å²) < 4.78 is 17.2. The number of benzene rings is 2. The van der Waals surface area contributed by atoms with Crippen molar-refractivity contribution < 1.29 is 14.2 Å². The maximum atomic E-state index is 6.05. The SMILES string of the molecule is COc1cc(Nc2cc3c(cc2N)OCCO3)ccc1Br. The lowest BCUT2D eigenvalue weighted by atomic mass is 10.2. The molecule has 21 heavy (non-hydrogen) atoms. The summed E-state index contributed by atoms with van der Waals surface area (Å²) in [6.45, 7) is 1.09. The maximum Gasteiger partial charge on any atom is 0.163 e. The number of hydrogen-bond acceptors (Lipinski definition) is 5. The molecule has 1 aliphatic heterocycles. The molecule has 0 atom stereocenters. The molecule has 0 saturated carbocycles. The second kappa shape index (κ2) is 5.73. The quantitative estimate of drug-likeness (QED) is 0.828. The number of fused-ring (bicyclic) bond motifs is 1. The number of anilines is 3. The van der Waals surface area contributed by atoms with E-state index in [-0.39, 0.29) is 0 Å². The van der Waals surface area contributed by atoms with E-state index in [4.69, 9.17) is 19.9 Å². The van der Waals surface area contributed by atoms with E-state index in [0.717, 1.165) is 21.6 Å². The second-order valence-corrected chi connectivity index (χ2v) is 5.41. The molecule has 1 heterocycles. The number of nitrogen functional groups attached to an aromatic ring is 1. The molecular formula is C15H15BrN2O3. The van der Waals surface area contributed by atoms with E-state index < -0.39 is 0 Å². The van der Waals surface area contributed by atoms with Crippen LogP contribution in [0.4, 0.5) is 17.1 Å². The average molecular weight is 351 g/mol. The van der Waals surface area contributed by atoms with E-state index in [9.17, 15) is 0 Å². The smallest absolute Gasteiger partial charge is 0.163 e. The van der Waals surface area contributed by atoms with Gasteiger partial charge in [-0.1, -0.05) is 0 Å². The van der Waals surface area contributed by atoms with Crippen molar-refractivity contribution in [1.29, 1.82) is 0 Å². The van der Waals surface area contributed by atoms with Gasteiger partial charge in [0.15, 0.2) is 11.5 Å². The van der Waals surface area contributed by atoms with E-state index in [2.05, 4.69) is 21.2 Å². The number of ether oxygens (including phenoxy) is 3. The van der Waals surface area contributed by atoms with Crippen molar-refractivity contribution in [2.24, 2.45) is 0 Å². The lowest BCUT2D eigenvalue weighted by Crippen LogP contribution is -2.15. The molecule has 0 aromatic heterocycles. The Morgan fingerprint density at radius 2 is 1.86 bits per heavy atom. The summed E-state index contributed by atoms with van der Waals surface area (Å²) in [5.41, 5.74) is 8.29. The van der Waals surface area contributed by atoms with Gasteiger partial charge in [0, 0.05) is 23.9 Å². The number of methoxy groups -OCH3 is 1. The molecule has 0 unspecified atom stereocenters. The maximum absolute atomic E-state index is 6.05. The van der Waals surface area contributed by atoms with E-state index in [1.54, 1.807) is 13.2 Å². The lowest BCUT2D eigenvalue weighted by molar-refractivity contribution is 0.172. The Balaban J connectivity index is 1.91. The van der Waals surface area contributed by atoms with Crippen LogP contribution in [0.5, 0.6) is 17.2 Å². The molecule has 1 aliphatic rings. The molecule has 0 fully saturated rings. The Bertz CT molecular complexity index is 676. The summed E-state index contributed by atoms with van der Waals surface area (Å²) in [5.74, 6) is 2.12. The topological polar surface area (TPSA) is 65.7 Å². The van der Waals surface area contributed by atoms with Gasteiger partial charge in [-0.3, -0.25) is 0 Å². The minimum absolute atomic E-state index is 0.544. The largest absolute Gasteiger partial charge is 0.495 e. The van der Waals surface area contributed by atoms with Gasteiger partial charge in [-0.05, 0) is 28.1 Å². The van der Waals surface area contributed by atoms with Gasteiger partial charge in [0.05, 0.1) is 23.0 Å². The number of nitrogens with two attached hydrogens (primary N) is 1. The Kier molecular flexibility index (Phi) is 3.79. The van der Waals surface area contributed by atoms with Crippen LogP contribution in [-0.2, 0) is 0 Å². The molecule has 110 valence electrons. The Labute approximate surface area is 131 Å². The molecule has 0 aliphatic carbocycles. The molecule has 2 aromatic rings. The van der Waals surface area contributed by atoms with Crippen LogP contribution in [0.3, 0.4) is 0 Å².